The second kappa shape index (κ2) is 7.98. The summed E-state index contributed by atoms with van der Waals surface area (Å²) in [6, 6.07) is 0.831. The number of nitrogens with zero attached hydrogens (tertiary/aromatic N) is 2. The second-order valence-corrected chi connectivity index (χ2v) is 7.11. The van der Waals surface area contributed by atoms with Crippen LogP contribution in [0.15, 0.2) is 0 Å². The molecule has 2 aliphatic heterocycles. The van der Waals surface area contributed by atoms with Crippen molar-refractivity contribution in [2.45, 2.75) is 45.1 Å². The molecule has 0 aromatic carbocycles. The third-order valence-corrected chi connectivity index (χ3v) is 5.61. The van der Waals surface area contributed by atoms with E-state index in [0.29, 0.717) is 0 Å². The summed E-state index contributed by atoms with van der Waals surface area (Å²) in [6.07, 6.45) is 7.26. The van der Waals surface area contributed by atoms with Crippen molar-refractivity contribution in [1.29, 1.82) is 0 Å². The molecule has 1 unspecified atom stereocenters. The van der Waals surface area contributed by atoms with E-state index < -0.39 is 0 Å². The highest BCUT2D eigenvalue weighted by atomic mass is 35.5. The van der Waals surface area contributed by atoms with E-state index in [1.807, 2.05) is 0 Å². The summed E-state index contributed by atoms with van der Waals surface area (Å²) in [5.74, 6) is 1.99. The maximum absolute atomic E-state index is 3.50. The lowest BCUT2D eigenvalue weighted by Gasteiger charge is -2.40. The molecular weight excluding hydrogens is 270 g/mol. The monoisotopic (exact) mass is 301 g/mol. The van der Waals surface area contributed by atoms with Gasteiger partial charge in [0, 0.05) is 45.3 Å². The first kappa shape index (κ1) is 16.5. The fraction of sp³-hybridized carbons (Fsp3) is 1.00. The van der Waals surface area contributed by atoms with E-state index in [9.17, 15) is 0 Å². The summed E-state index contributed by atoms with van der Waals surface area (Å²) in [5, 5.41) is 3.50. The summed E-state index contributed by atoms with van der Waals surface area (Å²) < 4.78 is 0. The van der Waals surface area contributed by atoms with Gasteiger partial charge in [0.25, 0.3) is 0 Å². The van der Waals surface area contributed by atoms with Crippen LogP contribution in [-0.4, -0.2) is 61.7 Å². The van der Waals surface area contributed by atoms with E-state index in [2.05, 4.69) is 22.0 Å². The minimum absolute atomic E-state index is 0. The quantitative estimate of drug-likeness (QED) is 0.862. The van der Waals surface area contributed by atoms with E-state index in [4.69, 9.17) is 0 Å². The molecule has 2 saturated heterocycles. The molecule has 3 aliphatic rings. The van der Waals surface area contributed by atoms with Gasteiger partial charge in [-0.05, 0) is 37.6 Å². The van der Waals surface area contributed by atoms with Crippen LogP contribution in [0.5, 0.6) is 0 Å². The number of hydrogen-bond acceptors (Lipinski definition) is 3. The Morgan fingerprint density at radius 3 is 2.25 bits per heavy atom. The first-order valence-corrected chi connectivity index (χ1v) is 8.48. The number of piperazine rings is 1. The molecule has 0 amide bonds. The van der Waals surface area contributed by atoms with Gasteiger partial charge >= 0.3 is 0 Å². The van der Waals surface area contributed by atoms with Gasteiger partial charge in [0.05, 0.1) is 0 Å². The van der Waals surface area contributed by atoms with Gasteiger partial charge in [-0.1, -0.05) is 19.8 Å². The highest BCUT2D eigenvalue weighted by Crippen LogP contribution is 2.29. The standard InChI is InChI=1S/C16H31N3.ClH/c1-14-2-4-15(5-3-14)13-18-8-10-19(11-9-18)16-6-7-17-12-16;/h14-17H,2-13H2,1H3;1H. The molecule has 2 heterocycles. The molecule has 1 atom stereocenters. The molecule has 0 bridgehead atoms. The van der Waals surface area contributed by atoms with Crippen LogP contribution in [-0.2, 0) is 0 Å². The Kier molecular flexibility index (Phi) is 6.60. The molecule has 1 N–H and O–H groups in total. The lowest BCUT2D eigenvalue weighted by molar-refractivity contribution is 0.0836. The summed E-state index contributed by atoms with van der Waals surface area (Å²) in [5.41, 5.74) is 0. The first-order chi connectivity index (χ1) is 9.31. The molecule has 1 saturated carbocycles. The van der Waals surface area contributed by atoms with Crippen molar-refractivity contribution in [3.05, 3.63) is 0 Å². The summed E-state index contributed by atoms with van der Waals surface area (Å²) in [7, 11) is 0. The SMILES string of the molecule is CC1CCC(CN2CCN(C3CCNC3)CC2)CC1.Cl. The van der Waals surface area contributed by atoms with Gasteiger partial charge in [-0.3, -0.25) is 4.90 Å². The highest BCUT2D eigenvalue weighted by molar-refractivity contribution is 5.85. The normalized spacial score (nSPS) is 36.8. The Morgan fingerprint density at radius 1 is 0.950 bits per heavy atom. The highest BCUT2D eigenvalue weighted by Gasteiger charge is 2.27. The van der Waals surface area contributed by atoms with Crippen LogP contribution in [0.4, 0.5) is 0 Å². The van der Waals surface area contributed by atoms with Gasteiger partial charge in [-0.15, -0.1) is 12.4 Å². The number of halogens is 1. The zero-order chi connectivity index (χ0) is 13.1. The van der Waals surface area contributed by atoms with Crippen LogP contribution in [0.2, 0.25) is 0 Å². The van der Waals surface area contributed by atoms with Gasteiger partial charge < -0.3 is 10.2 Å². The fourth-order valence-corrected chi connectivity index (χ4v) is 4.14. The van der Waals surface area contributed by atoms with Crippen molar-refractivity contribution in [1.82, 2.24) is 15.1 Å². The predicted molar refractivity (Wildman–Crippen MR) is 87.7 cm³/mol. The molecule has 0 spiro atoms. The van der Waals surface area contributed by atoms with Crippen LogP contribution in [0, 0.1) is 11.8 Å². The van der Waals surface area contributed by atoms with Gasteiger partial charge in [0.15, 0.2) is 0 Å². The van der Waals surface area contributed by atoms with Crippen molar-refractivity contribution < 1.29 is 0 Å². The lowest BCUT2D eigenvalue weighted by atomic mass is 9.83. The number of rotatable bonds is 3. The topological polar surface area (TPSA) is 18.5 Å². The lowest BCUT2D eigenvalue weighted by Crippen LogP contribution is -2.51. The van der Waals surface area contributed by atoms with Gasteiger partial charge in [0.1, 0.15) is 0 Å². The van der Waals surface area contributed by atoms with E-state index in [1.54, 1.807) is 0 Å². The Bertz CT molecular complexity index is 265. The van der Waals surface area contributed by atoms with Crippen molar-refractivity contribution >= 4 is 12.4 Å². The van der Waals surface area contributed by atoms with Gasteiger partial charge in [0.2, 0.25) is 0 Å². The average molecular weight is 302 g/mol. The summed E-state index contributed by atoms with van der Waals surface area (Å²) >= 11 is 0. The van der Waals surface area contributed by atoms with Crippen LogP contribution >= 0.6 is 12.4 Å². The molecule has 0 aromatic rings. The maximum Gasteiger partial charge on any atom is 0.0233 e. The molecule has 0 aromatic heterocycles. The molecule has 20 heavy (non-hydrogen) atoms. The molecule has 4 heteroatoms. The molecule has 3 fully saturated rings. The third kappa shape index (κ3) is 4.33. The zero-order valence-electron chi connectivity index (χ0n) is 13.0. The predicted octanol–water partition coefficient (Wildman–Crippen LogP) is 2.21. The minimum atomic E-state index is 0. The van der Waals surface area contributed by atoms with Crippen molar-refractivity contribution in [3.8, 4) is 0 Å². The minimum Gasteiger partial charge on any atom is -0.315 e. The largest absolute Gasteiger partial charge is 0.315 e. The molecule has 1 aliphatic carbocycles. The number of nitrogens with one attached hydrogen (secondary N) is 1. The van der Waals surface area contributed by atoms with E-state index in [1.165, 1.54) is 77.9 Å². The van der Waals surface area contributed by atoms with Crippen molar-refractivity contribution in [3.63, 3.8) is 0 Å². The van der Waals surface area contributed by atoms with E-state index in [-0.39, 0.29) is 12.4 Å². The van der Waals surface area contributed by atoms with Crippen LogP contribution in [0.1, 0.15) is 39.0 Å². The first-order valence-electron chi connectivity index (χ1n) is 8.48. The fourth-order valence-electron chi connectivity index (χ4n) is 4.14. The molecule has 118 valence electrons. The smallest absolute Gasteiger partial charge is 0.0233 e. The Hall–Kier alpha value is 0.170. The Balaban J connectivity index is 0.00000147. The number of hydrogen-bond donors (Lipinski definition) is 1. The van der Waals surface area contributed by atoms with Gasteiger partial charge in [-0.25, -0.2) is 0 Å². The second-order valence-electron chi connectivity index (χ2n) is 7.11. The molecule has 0 radical (unpaired) electrons. The summed E-state index contributed by atoms with van der Waals surface area (Å²) in [6.45, 7) is 11.5. The molecule has 3 rings (SSSR count). The zero-order valence-corrected chi connectivity index (χ0v) is 13.8. The van der Waals surface area contributed by atoms with E-state index in [0.717, 1.165) is 17.9 Å². The van der Waals surface area contributed by atoms with Crippen molar-refractivity contribution in [2.75, 3.05) is 45.8 Å². The Labute approximate surface area is 130 Å². The summed E-state index contributed by atoms with van der Waals surface area (Å²) in [4.78, 5) is 5.46. The third-order valence-electron chi connectivity index (χ3n) is 5.61. The van der Waals surface area contributed by atoms with Gasteiger partial charge in [-0.2, -0.15) is 0 Å². The average Bonchev–Trinajstić information content (AvgIpc) is 2.96. The maximum atomic E-state index is 3.50. The van der Waals surface area contributed by atoms with Crippen molar-refractivity contribution in [2.24, 2.45) is 11.8 Å². The van der Waals surface area contributed by atoms with Crippen LogP contribution in [0.25, 0.3) is 0 Å². The van der Waals surface area contributed by atoms with Crippen LogP contribution < -0.4 is 5.32 Å². The molecule has 3 nitrogen and oxygen atoms in total. The van der Waals surface area contributed by atoms with Crippen LogP contribution in [0.3, 0.4) is 0 Å². The van der Waals surface area contributed by atoms with E-state index >= 15 is 0 Å². The molecular formula is C16H32ClN3. The Morgan fingerprint density at radius 2 is 1.65 bits per heavy atom.